The lowest BCUT2D eigenvalue weighted by Crippen LogP contribution is -2.60. The van der Waals surface area contributed by atoms with Crippen LogP contribution in [0.25, 0.3) is 5.57 Å². The van der Waals surface area contributed by atoms with Crippen LogP contribution in [0.1, 0.15) is 38.2 Å². The van der Waals surface area contributed by atoms with Crippen molar-refractivity contribution in [2.75, 3.05) is 39.8 Å². The number of fused-ring (bicyclic) bond motifs is 1. The van der Waals surface area contributed by atoms with E-state index < -0.39 is 23.7 Å². The van der Waals surface area contributed by atoms with E-state index in [2.05, 4.69) is 34.1 Å². The predicted molar refractivity (Wildman–Crippen MR) is 166 cm³/mol. The second-order valence-corrected chi connectivity index (χ2v) is 12.4. The fraction of sp³-hybridized carbons (Fsp3) is 0.455. The summed E-state index contributed by atoms with van der Waals surface area (Å²) in [6.45, 7) is 4.05. The van der Waals surface area contributed by atoms with Gasteiger partial charge in [-0.25, -0.2) is 4.99 Å². The van der Waals surface area contributed by atoms with Gasteiger partial charge in [-0.3, -0.25) is 14.4 Å². The van der Waals surface area contributed by atoms with Gasteiger partial charge in [-0.15, -0.1) is 0 Å². The number of likely N-dealkylation sites (N-methyl/N-ethyl adjacent to an activating group) is 1. The highest BCUT2D eigenvalue weighted by Crippen LogP contribution is 2.44. The molecule has 10 nitrogen and oxygen atoms in total. The van der Waals surface area contributed by atoms with Crippen molar-refractivity contribution < 1.29 is 18.0 Å². The van der Waals surface area contributed by atoms with Gasteiger partial charge in [0.25, 0.3) is 5.91 Å². The van der Waals surface area contributed by atoms with Gasteiger partial charge in [-0.05, 0) is 66.7 Å². The van der Waals surface area contributed by atoms with Crippen LogP contribution in [0.4, 0.5) is 13.2 Å². The smallest absolute Gasteiger partial charge is 0.355 e. The summed E-state index contributed by atoms with van der Waals surface area (Å²) in [7, 11) is 1.30. The quantitative estimate of drug-likeness (QED) is 0.452. The molecule has 1 saturated carbocycles. The van der Waals surface area contributed by atoms with Crippen LogP contribution >= 0.6 is 0 Å². The molecule has 242 valence electrons. The monoisotopic (exact) mass is 633 g/mol. The molecule has 0 bridgehead atoms. The number of aromatic nitrogens is 3. The molecule has 4 aliphatic rings. The third-order valence-corrected chi connectivity index (χ3v) is 9.72. The maximum absolute atomic E-state index is 13.7. The molecule has 0 aromatic carbocycles. The number of alkyl halides is 3. The summed E-state index contributed by atoms with van der Waals surface area (Å²) in [5.41, 5.74) is 9.74. The number of carbonyl (C=O) groups excluding carboxylic acids is 1. The molecule has 6 rings (SSSR count). The number of aromatic amines is 1. The Morgan fingerprint density at radius 1 is 1.26 bits per heavy atom. The van der Waals surface area contributed by atoms with Crippen LogP contribution in [0.5, 0.6) is 0 Å². The molecule has 1 atom stereocenters. The zero-order valence-electron chi connectivity index (χ0n) is 26.0. The number of hydrogen-bond donors (Lipinski definition) is 2. The Morgan fingerprint density at radius 2 is 2.02 bits per heavy atom. The number of nitrogens with two attached hydrogens (primary N) is 1. The van der Waals surface area contributed by atoms with Crippen LogP contribution in [0, 0.1) is 11.3 Å². The number of nitriles is 1. The van der Waals surface area contributed by atoms with Crippen molar-refractivity contribution >= 4 is 11.5 Å². The summed E-state index contributed by atoms with van der Waals surface area (Å²) in [6, 6.07) is 2.49. The minimum atomic E-state index is -4.52. The Balaban J connectivity index is 1.14. The van der Waals surface area contributed by atoms with Gasteiger partial charge in [-0.1, -0.05) is 6.92 Å². The highest BCUT2D eigenvalue weighted by Gasteiger charge is 2.48. The first kappa shape index (κ1) is 31.6. The third kappa shape index (κ3) is 5.83. The molecule has 5 heterocycles. The van der Waals surface area contributed by atoms with Crippen molar-refractivity contribution in [1.82, 2.24) is 29.5 Å². The zero-order valence-corrected chi connectivity index (χ0v) is 26.0. The molecule has 2 aromatic heterocycles. The standard InChI is InChI=1S/C33H38F3N9O/c1-3-22-13-27(26-5-8-39-30(26)40-19-22)24-20-41-45(21-24)32(6-4-7-37)16-25(17-32)43-9-11-44(12-10-43)31(46)28-14-23(18-38)15-29(42(28)2)33(34,35)36/h4-6,8,14-15,19-21,25,29H,3,9-13,16-18,38H2,1-2H3,(H,39,40)/b6-4+. The summed E-state index contributed by atoms with van der Waals surface area (Å²) in [6.07, 6.45) is 12.4. The van der Waals surface area contributed by atoms with Crippen molar-refractivity contribution in [3.63, 3.8) is 0 Å². The SMILES string of the molecule is CCC1=CN=c2[nH]ccc2=C(c2cnn(C3(/C=C/C#N)CC(N4CCN(C(=O)C5=CC(CN)=CC(C(F)(F)F)N5C)CC4)C3)c2)C1. The van der Waals surface area contributed by atoms with Crippen LogP contribution in [0.3, 0.4) is 0 Å². The van der Waals surface area contributed by atoms with Gasteiger partial charge in [0.15, 0.2) is 0 Å². The average Bonchev–Trinajstić information content (AvgIpc) is 3.68. The molecular formula is C33H38F3N9O. The lowest BCUT2D eigenvalue weighted by atomic mass is 9.71. The Kier molecular flexibility index (Phi) is 8.52. The maximum Gasteiger partial charge on any atom is 0.412 e. The number of hydrogen-bond acceptors (Lipinski definition) is 7. The highest BCUT2D eigenvalue weighted by molar-refractivity contribution is 5.94. The van der Waals surface area contributed by atoms with Gasteiger partial charge >= 0.3 is 6.18 Å². The minimum Gasteiger partial charge on any atom is -0.355 e. The topological polar surface area (TPSA) is 123 Å². The number of allylic oxidation sites excluding steroid dienone is 3. The first-order valence-corrected chi connectivity index (χ1v) is 15.6. The number of halogens is 3. The summed E-state index contributed by atoms with van der Waals surface area (Å²) in [5.74, 6) is -0.421. The Hall–Kier alpha value is -4.41. The maximum atomic E-state index is 13.7. The Morgan fingerprint density at radius 3 is 2.70 bits per heavy atom. The zero-order chi connectivity index (χ0) is 32.6. The fourth-order valence-corrected chi connectivity index (χ4v) is 6.93. The molecule has 2 fully saturated rings. The van der Waals surface area contributed by atoms with Crippen molar-refractivity contribution in [2.24, 2.45) is 10.7 Å². The highest BCUT2D eigenvalue weighted by atomic mass is 19.4. The number of piperazine rings is 1. The number of amides is 1. The number of rotatable bonds is 7. The number of nitrogens with zero attached hydrogens (tertiary/aromatic N) is 7. The predicted octanol–water partition coefficient (Wildman–Crippen LogP) is 2.45. The second-order valence-electron chi connectivity index (χ2n) is 12.4. The normalized spacial score (nSPS) is 25.6. The van der Waals surface area contributed by atoms with E-state index in [1.165, 1.54) is 24.8 Å². The van der Waals surface area contributed by atoms with E-state index in [0.717, 1.165) is 58.5 Å². The number of carbonyl (C=O) groups is 1. The summed E-state index contributed by atoms with van der Waals surface area (Å²) in [5, 5.41) is 15.2. The van der Waals surface area contributed by atoms with Gasteiger partial charge in [0.1, 0.15) is 17.2 Å². The third-order valence-electron chi connectivity index (χ3n) is 9.72. The molecule has 2 aromatic rings. The van der Waals surface area contributed by atoms with Gasteiger partial charge in [0.05, 0.1) is 17.8 Å². The largest absolute Gasteiger partial charge is 0.412 e. The van der Waals surface area contributed by atoms with Crippen molar-refractivity contribution in [3.05, 3.63) is 88.3 Å². The van der Waals surface area contributed by atoms with E-state index >= 15 is 0 Å². The lowest BCUT2D eigenvalue weighted by Gasteiger charge is -2.52. The molecule has 46 heavy (non-hydrogen) atoms. The molecule has 3 N–H and O–H groups in total. The summed E-state index contributed by atoms with van der Waals surface area (Å²) < 4.78 is 43.0. The fourth-order valence-electron chi connectivity index (χ4n) is 6.93. The summed E-state index contributed by atoms with van der Waals surface area (Å²) >= 11 is 0. The number of nitrogens with one attached hydrogen (secondary N) is 1. The molecule has 1 amide bonds. The van der Waals surface area contributed by atoms with E-state index in [-0.39, 0.29) is 18.3 Å². The first-order chi connectivity index (χ1) is 22.1. The van der Waals surface area contributed by atoms with E-state index in [9.17, 15) is 23.2 Å². The van der Waals surface area contributed by atoms with Gasteiger partial charge in [0, 0.05) is 81.3 Å². The van der Waals surface area contributed by atoms with E-state index in [4.69, 9.17) is 10.8 Å². The molecule has 0 radical (unpaired) electrons. The molecule has 13 heteroatoms. The van der Waals surface area contributed by atoms with E-state index in [1.54, 1.807) is 4.90 Å². The van der Waals surface area contributed by atoms with Gasteiger partial charge in [0.2, 0.25) is 0 Å². The Labute approximate surface area is 265 Å². The first-order valence-electron chi connectivity index (χ1n) is 15.6. The van der Waals surface area contributed by atoms with Gasteiger partial charge in [-0.2, -0.15) is 23.5 Å². The average molecular weight is 634 g/mol. The van der Waals surface area contributed by atoms with Crippen molar-refractivity contribution in [2.45, 2.75) is 56.4 Å². The molecule has 3 aliphatic heterocycles. The van der Waals surface area contributed by atoms with Crippen molar-refractivity contribution in [3.8, 4) is 6.07 Å². The van der Waals surface area contributed by atoms with Crippen molar-refractivity contribution in [1.29, 1.82) is 5.26 Å². The molecule has 1 saturated heterocycles. The van der Waals surface area contributed by atoms with Crippen LogP contribution in [-0.2, 0) is 10.3 Å². The van der Waals surface area contributed by atoms with Gasteiger partial charge < -0.3 is 20.5 Å². The molecule has 1 unspecified atom stereocenters. The summed E-state index contributed by atoms with van der Waals surface area (Å²) in [4.78, 5) is 26.2. The molecule has 1 aliphatic carbocycles. The van der Waals surface area contributed by atoms with E-state index in [0.29, 0.717) is 31.8 Å². The van der Waals surface area contributed by atoms with E-state index in [1.807, 2.05) is 35.4 Å². The lowest BCUT2D eigenvalue weighted by molar-refractivity contribution is -0.165. The minimum absolute atomic E-state index is 0.00558. The van der Waals surface area contributed by atoms with Crippen LogP contribution in [-0.4, -0.2) is 93.4 Å². The second kappa shape index (κ2) is 12.4. The molecular weight excluding hydrogens is 595 g/mol. The van der Waals surface area contributed by atoms with Crippen LogP contribution < -0.4 is 16.4 Å². The van der Waals surface area contributed by atoms with Crippen LogP contribution in [0.15, 0.2) is 77.0 Å². The van der Waals surface area contributed by atoms with Crippen LogP contribution in [0.2, 0.25) is 0 Å². The molecule has 0 spiro atoms. The Bertz CT molecular complexity index is 1770. The number of H-pyrrole nitrogens is 1.